The maximum Gasteiger partial charge on any atom is 0.287 e. The van der Waals surface area contributed by atoms with E-state index < -0.39 is 4.92 Å². The summed E-state index contributed by atoms with van der Waals surface area (Å²) in [5.74, 6) is 0.977. The van der Waals surface area contributed by atoms with Gasteiger partial charge in [0.2, 0.25) is 0 Å². The molecule has 0 fully saturated rings. The summed E-state index contributed by atoms with van der Waals surface area (Å²) in [6.45, 7) is 2.92. The minimum atomic E-state index is -0.495. The first-order valence-electron chi connectivity index (χ1n) is 10.8. The van der Waals surface area contributed by atoms with Crippen molar-refractivity contribution >= 4 is 28.2 Å². The van der Waals surface area contributed by atoms with Gasteiger partial charge >= 0.3 is 0 Å². The molecule has 0 spiro atoms. The predicted octanol–water partition coefficient (Wildman–Crippen LogP) is 3.24. The van der Waals surface area contributed by atoms with Crippen LogP contribution in [0.25, 0.3) is 28.1 Å². The Morgan fingerprint density at radius 3 is 2.77 bits per heavy atom. The van der Waals surface area contributed by atoms with Crippen molar-refractivity contribution in [3.8, 4) is 17.1 Å². The van der Waals surface area contributed by atoms with E-state index in [1.165, 1.54) is 12.3 Å². The number of hydrogen-bond donors (Lipinski definition) is 4. The topological polar surface area (TPSA) is 159 Å². The average molecular weight is 471 g/mol. The number of H-pyrrole nitrogens is 2. The second-order valence-electron chi connectivity index (χ2n) is 7.82. The van der Waals surface area contributed by atoms with Crippen LogP contribution in [0.5, 0.6) is 0 Å². The van der Waals surface area contributed by atoms with Gasteiger partial charge in [-0.15, -0.1) is 0 Å². The molecule has 5 rings (SSSR count). The second-order valence-corrected chi connectivity index (χ2v) is 7.82. The summed E-state index contributed by atoms with van der Waals surface area (Å²) in [6, 6.07) is 8.69. The average Bonchev–Trinajstić information content (AvgIpc) is 3.53. The molecule has 0 aliphatic rings. The SMILES string of the molecule is Cc1cc(-n2ccnc2)cc2[nH]c(-c3c(NCCNc4ccc([N+](=O)[O-])cn4)cc[nH]c3=O)nc12. The third-order valence-electron chi connectivity index (χ3n) is 5.47. The van der Waals surface area contributed by atoms with Gasteiger partial charge in [-0.05, 0) is 36.8 Å². The van der Waals surface area contributed by atoms with Crippen LogP contribution < -0.4 is 16.2 Å². The highest BCUT2D eigenvalue weighted by Crippen LogP contribution is 2.27. The fourth-order valence-electron chi connectivity index (χ4n) is 3.80. The normalized spacial score (nSPS) is 11.0. The Hall–Kier alpha value is -5.00. The lowest BCUT2D eigenvalue weighted by Gasteiger charge is -2.10. The minimum Gasteiger partial charge on any atom is -0.382 e. The molecule has 0 aliphatic heterocycles. The highest BCUT2D eigenvalue weighted by atomic mass is 16.6. The van der Waals surface area contributed by atoms with Crippen LogP contribution in [-0.2, 0) is 0 Å². The van der Waals surface area contributed by atoms with Gasteiger partial charge in [-0.2, -0.15) is 0 Å². The van der Waals surface area contributed by atoms with Crippen molar-refractivity contribution in [2.45, 2.75) is 6.92 Å². The van der Waals surface area contributed by atoms with Crippen LogP contribution in [0.3, 0.4) is 0 Å². The first-order chi connectivity index (χ1) is 17.0. The van der Waals surface area contributed by atoms with E-state index >= 15 is 0 Å². The monoisotopic (exact) mass is 471 g/mol. The van der Waals surface area contributed by atoms with Crippen molar-refractivity contribution in [1.82, 2.24) is 29.5 Å². The van der Waals surface area contributed by atoms with E-state index in [1.54, 1.807) is 30.9 Å². The van der Waals surface area contributed by atoms with E-state index in [1.807, 2.05) is 29.8 Å². The summed E-state index contributed by atoms with van der Waals surface area (Å²) >= 11 is 0. The first kappa shape index (κ1) is 21.8. The molecule has 0 bridgehead atoms. The largest absolute Gasteiger partial charge is 0.382 e. The molecule has 0 aliphatic carbocycles. The Morgan fingerprint density at radius 2 is 2.03 bits per heavy atom. The number of nitrogens with zero attached hydrogens (tertiary/aromatic N) is 5. The Morgan fingerprint density at radius 1 is 1.17 bits per heavy atom. The van der Waals surface area contributed by atoms with E-state index in [-0.39, 0.29) is 11.2 Å². The second kappa shape index (κ2) is 9.09. The fourth-order valence-corrected chi connectivity index (χ4v) is 3.80. The van der Waals surface area contributed by atoms with Gasteiger partial charge in [-0.1, -0.05) is 0 Å². The molecule has 0 atom stereocenters. The van der Waals surface area contributed by atoms with E-state index in [0.717, 1.165) is 22.3 Å². The molecule has 0 amide bonds. The van der Waals surface area contributed by atoms with Crippen LogP contribution in [-0.4, -0.2) is 47.5 Å². The van der Waals surface area contributed by atoms with Crippen molar-refractivity contribution in [2.75, 3.05) is 23.7 Å². The molecule has 0 unspecified atom stereocenters. The van der Waals surface area contributed by atoms with Crippen LogP contribution in [0.2, 0.25) is 0 Å². The molecule has 35 heavy (non-hydrogen) atoms. The number of hydrogen-bond acceptors (Lipinski definition) is 8. The van der Waals surface area contributed by atoms with Crippen molar-refractivity contribution in [3.05, 3.63) is 87.5 Å². The highest BCUT2D eigenvalue weighted by Gasteiger charge is 2.16. The summed E-state index contributed by atoms with van der Waals surface area (Å²) in [7, 11) is 0. The van der Waals surface area contributed by atoms with Crippen LogP contribution in [0.4, 0.5) is 17.2 Å². The van der Waals surface area contributed by atoms with Gasteiger partial charge in [0, 0.05) is 43.4 Å². The standard InChI is InChI=1S/C23H21N9O3/c1-14-10-16(31-9-8-24-13-31)11-18-21(14)30-22(29-18)20-17(4-5-27-23(20)33)25-6-7-26-19-3-2-15(12-28-19)32(34)35/h2-5,8-13H,6-7H2,1H3,(H,26,28)(H,29,30)(H2,25,27,33). The molecule has 12 heteroatoms. The van der Waals surface area contributed by atoms with Crippen LogP contribution in [0, 0.1) is 17.0 Å². The van der Waals surface area contributed by atoms with Gasteiger partial charge in [0.05, 0.1) is 28.0 Å². The highest BCUT2D eigenvalue weighted by molar-refractivity contribution is 5.86. The van der Waals surface area contributed by atoms with Gasteiger partial charge in [0.25, 0.3) is 11.2 Å². The number of benzene rings is 1. The maximum atomic E-state index is 12.7. The smallest absolute Gasteiger partial charge is 0.287 e. The molecule has 5 aromatic rings. The summed E-state index contributed by atoms with van der Waals surface area (Å²) in [4.78, 5) is 41.8. The third kappa shape index (κ3) is 4.44. The van der Waals surface area contributed by atoms with Gasteiger partial charge in [-0.25, -0.2) is 15.0 Å². The third-order valence-corrected chi connectivity index (χ3v) is 5.47. The summed E-state index contributed by atoms with van der Waals surface area (Å²) in [6.07, 6.45) is 8.08. The molecule has 0 saturated heterocycles. The molecule has 4 aromatic heterocycles. The fraction of sp³-hybridized carbons (Fsp3) is 0.130. The molecule has 4 N–H and O–H groups in total. The summed E-state index contributed by atoms with van der Waals surface area (Å²) in [5.41, 5.74) is 4.18. The molecule has 0 radical (unpaired) electrons. The summed E-state index contributed by atoms with van der Waals surface area (Å²) in [5, 5.41) is 17.1. The number of aryl methyl sites for hydroxylation is 1. The molecular formula is C23H21N9O3. The van der Waals surface area contributed by atoms with Gasteiger partial charge in [-0.3, -0.25) is 14.9 Å². The number of aromatic nitrogens is 6. The van der Waals surface area contributed by atoms with Crippen molar-refractivity contribution < 1.29 is 4.92 Å². The lowest BCUT2D eigenvalue weighted by Crippen LogP contribution is -2.18. The Labute approximate surface area is 198 Å². The number of anilines is 2. The van der Waals surface area contributed by atoms with Crippen molar-refractivity contribution in [3.63, 3.8) is 0 Å². The number of fused-ring (bicyclic) bond motifs is 1. The van der Waals surface area contributed by atoms with Crippen LogP contribution in [0.15, 0.2) is 66.2 Å². The van der Waals surface area contributed by atoms with E-state index in [0.29, 0.717) is 36.0 Å². The van der Waals surface area contributed by atoms with Gasteiger partial charge in [0.15, 0.2) is 0 Å². The number of rotatable bonds is 8. The molecular weight excluding hydrogens is 450 g/mol. The summed E-state index contributed by atoms with van der Waals surface area (Å²) < 4.78 is 1.90. The van der Waals surface area contributed by atoms with Gasteiger partial charge < -0.3 is 25.2 Å². The van der Waals surface area contributed by atoms with E-state index in [9.17, 15) is 14.9 Å². The van der Waals surface area contributed by atoms with Crippen molar-refractivity contribution in [2.24, 2.45) is 0 Å². The molecule has 12 nitrogen and oxygen atoms in total. The number of aromatic amines is 2. The predicted molar refractivity (Wildman–Crippen MR) is 132 cm³/mol. The van der Waals surface area contributed by atoms with E-state index in [2.05, 4.69) is 30.6 Å². The lowest BCUT2D eigenvalue weighted by atomic mass is 10.2. The number of pyridine rings is 2. The Kier molecular flexibility index (Phi) is 5.67. The van der Waals surface area contributed by atoms with Crippen LogP contribution in [0.1, 0.15) is 5.56 Å². The number of imidazole rings is 2. The van der Waals surface area contributed by atoms with E-state index in [4.69, 9.17) is 4.98 Å². The quantitative estimate of drug-likeness (QED) is 0.152. The Bertz CT molecular complexity index is 1550. The zero-order valence-electron chi connectivity index (χ0n) is 18.6. The minimum absolute atomic E-state index is 0.0694. The maximum absolute atomic E-state index is 12.7. The number of nitrogens with one attached hydrogen (secondary N) is 4. The van der Waals surface area contributed by atoms with Gasteiger partial charge in [0.1, 0.15) is 23.4 Å². The lowest BCUT2D eigenvalue weighted by molar-refractivity contribution is -0.385. The molecule has 0 saturated carbocycles. The first-order valence-corrected chi connectivity index (χ1v) is 10.8. The molecule has 176 valence electrons. The molecule has 4 heterocycles. The Balaban J connectivity index is 1.36. The number of nitro groups is 1. The zero-order chi connectivity index (χ0) is 24.4. The van der Waals surface area contributed by atoms with Crippen LogP contribution >= 0.6 is 0 Å². The zero-order valence-corrected chi connectivity index (χ0v) is 18.6. The molecule has 1 aromatic carbocycles. The van der Waals surface area contributed by atoms with Crippen molar-refractivity contribution in [1.29, 1.82) is 0 Å².